The number of aliphatic hydroxyl groups is 1. The molecule has 2 N–H and O–H groups in total. The van der Waals surface area contributed by atoms with E-state index >= 15 is 0 Å². The van der Waals surface area contributed by atoms with Gasteiger partial charge in [-0.2, -0.15) is 0 Å². The molecule has 0 saturated heterocycles. The van der Waals surface area contributed by atoms with Crippen molar-refractivity contribution >= 4 is 16.0 Å². The highest BCUT2D eigenvalue weighted by Crippen LogP contribution is 2.33. The van der Waals surface area contributed by atoms with Gasteiger partial charge >= 0.3 is 5.97 Å². The molecule has 1 aliphatic rings. The normalized spacial score (nSPS) is 26.5. The maximum atomic E-state index is 11.8. The molecule has 0 spiro atoms. The number of ether oxygens (including phenoxy) is 1. The van der Waals surface area contributed by atoms with Crippen LogP contribution in [0, 0.1) is 5.92 Å². The van der Waals surface area contributed by atoms with Gasteiger partial charge in [0.15, 0.2) is 0 Å². The summed E-state index contributed by atoms with van der Waals surface area (Å²) in [6.07, 6.45) is 4.02. The molecule has 0 aromatic heterocycles. The van der Waals surface area contributed by atoms with Crippen molar-refractivity contribution in [2.24, 2.45) is 5.92 Å². The van der Waals surface area contributed by atoms with E-state index in [4.69, 9.17) is 4.74 Å². The lowest BCUT2D eigenvalue weighted by molar-refractivity contribution is -0.142. The van der Waals surface area contributed by atoms with Crippen molar-refractivity contribution in [3.05, 3.63) is 0 Å². The van der Waals surface area contributed by atoms with Crippen LogP contribution in [0.3, 0.4) is 0 Å². The van der Waals surface area contributed by atoms with Gasteiger partial charge in [0.1, 0.15) is 0 Å². The fourth-order valence-electron chi connectivity index (χ4n) is 2.57. The third-order valence-corrected chi connectivity index (χ3v) is 5.44. The highest BCUT2D eigenvalue weighted by molar-refractivity contribution is 7.89. The van der Waals surface area contributed by atoms with E-state index in [9.17, 15) is 18.3 Å². The van der Waals surface area contributed by atoms with Crippen molar-refractivity contribution in [3.63, 3.8) is 0 Å². The van der Waals surface area contributed by atoms with Crippen LogP contribution in [-0.4, -0.2) is 44.0 Å². The van der Waals surface area contributed by atoms with E-state index in [1.54, 1.807) is 6.92 Å². The fraction of sp³-hybridized carbons (Fsp3) is 0.929. The Labute approximate surface area is 127 Å². The SMILES string of the molecule is CCOC(=O)CCS(=O)(=O)NCC1(O)CCC(CC)CC1. The van der Waals surface area contributed by atoms with Crippen LogP contribution in [0.4, 0.5) is 0 Å². The smallest absolute Gasteiger partial charge is 0.306 e. The number of esters is 1. The van der Waals surface area contributed by atoms with E-state index in [0.29, 0.717) is 18.8 Å². The molecule has 21 heavy (non-hydrogen) atoms. The van der Waals surface area contributed by atoms with Crippen molar-refractivity contribution in [2.45, 2.75) is 58.0 Å². The van der Waals surface area contributed by atoms with Gasteiger partial charge in [0.05, 0.1) is 24.4 Å². The van der Waals surface area contributed by atoms with Crippen LogP contribution in [0.1, 0.15) is 52.4 Å². The van der Waals surface area contributed by atoms with E-state index in [-0.39, 0.29) is 25.3 Å². The second-order valence-electron chi connectivity index (χ2n) is 5.77. The molecule has 7 heteroatoms. The van der Waals surface area contributed by atoms with Gasteiger partial charge in [-0.1, -0.05) is 13.3 Å². The molecule has 0 bridgehead atoms. The Balaban J connectivity index is 2.37. The second-order valence-corrected chi connectivity index (χ2v) is 7.70. The molecule has 0 aromatic rings. The van der Waals surface area contributed by atoms with Crippen molar-refractivity contribution in [1.82, 2.24) is 4.72 Å². The first-order valence-corrected chi connectivity index (χ1v) is 9.31. The second kappa shape index (κ2) is 8.10. The maximum absolute atomic E-state index is 11.8. The minimum atomic E-state index is -3.56. The number of carbonyl (C=O) groups excluding carboxylic acids is 1. The van der Waals surface area contributed by atoms with E-state index in [1.165, 1.54) is 0 Å². The number of sulfonamides is 1. The molecule has 0 aromatic carbocycles. The van der Waals surface area contributed by atoms with Crippen LogP contribution < -0.4 is 4.72 Å². The van der Waals surface area contributed by atoms with Crippen molar-refractivity contribution < 1.29 is 23.1 Å². The molecule has 124 valence electrons. The van der Waals surface area contributed by atoms with Crippen molar-refractivity contribution in [1.29, 1.82) is 0 Å². The third-order valence-electron chi connectivity index (χ3n) is 4.11. The highest BCUT2D eigenvalue weighted by Gasteiger charge is 2.33. The average molecular weight is 321 g/mol. The summed E-state index contributed by atoms with van der Waals surface area (Å²) >= 11 is 0. The quantitative estimate of drug-likeness (QED) is 0.655. The van der Waals surface area contributed by atoms with Crippen molar-refractivity contribution in [3.8, 4) is 0 Å². The first kappa shape index (κ1) is 18.4. The Hall–Kier alpha value is -0.660. The monoisotopic (exact) mass is 321 g/mol. The Morgan fingerprint density at radius 3 is 2.48 bits per heavy atom. The number of carbonyl (C=O) groups is 1. The summed E-state index contributed by atoms with van der Waals surface area (Å²) in [6.45, 7) is 4.07. The summed E-state index contributed by atoms with van der Waals surface area (Å²) in [5.41, 5.74) is -0.956. The predicted molar refractivity (Wildman–Crippen MR) is 80.2 cm³/mol. The Bertz CT molecular complexity index is 427. The predicted octanol–water partition coefficient (Wildman–Crippen LogP) is 1.19. The Morgan fingerprint density at radius 1 is 1.33 bits per heavy atom. The number of rotatable bonds is 8. The first-order chi connectivity index (χ1) is 9.80. The molecule has 1 fully saturated rings. The molecule has 0 unspecified atom stereocenters. The molecule has 1 rings (SSSR count). The zero-order chi connectivity index (χ0) is 15.9. The largest absolute Gasteiger partial charge is 0.466 e. The fourth-order valence-corrected chi connectivity index (χ4v) is 3.64. The molecule has 0 aliphatic heterocycles. The molecule has 1 aliphatic carbocycles. The van der Waals surface area contributed by atoms with Crippen LogP contribution in [0.25, 0.3) is 0 Å². The van der Waals surface area contributed by atoms with Gasteiger partial charge in [0.2, 0.25) is 10.0 Å². The first-order valence-electron chi connectivity index (χ1n) is 7.65. The van der Waals surface area contributed by atoms with Gasteiger partial charge in [-0.15, -0.1) is 0 Å². The molecular formula is C14H27NO5S. The third kappa shape index (κ3) is 6.76. The van der Waals surface area contributed by atoms with Crippen LogP contribution in [-0.2, 0) is 19.6 Å². The zero-order valence-corrected chi connectivity index (χ0v) is 13.7. The lowest BCUT2D eigenvalue weighted by atomic mass is 9.78. The van der Waals surface area contributed by atoms with Gasteiger partial charge in [-0.05, 0) is 38.5 Å². The molecule has 0 radical (unpaired) electrons. The van der Waals surface area contributed by atoms with Crippen LogP contribution in [0.2, 0.25) is 0 Å². The Kier molecular flexibility index (Phi) is 7.09. The van der Waals surface area contributed by atoms with Crippen molar-refractivity contribution in [2.75, 3.05) is 18.9 Å². The summed E-state index contributed by atoms with van der Waals surface area (Å²) in [5, 5.41) is 10.4. The summed E-state index contributed by atoms with van der Waals surface area (Å²) < 4.78 is 30.7. The van der Waals surface area contributed by atoms with Gasteiger partial charge in [0, 0.05) is 6.54 Å². The van der Waals surface area contributed by atoms with Crippen LogP contribution in [0.15, 0.2) is 0 Å². The summed E-state index contributed by atoms with van der Waals surface area (Å²) in [4.78, 5) is 11.2. The standard InChI is InChI=1S/C14H27NO5S/c1-3-12-5-8-14(17,9-6-12)11-15-21(18,19)10-7-13(16)20-4-2/h12,15,17H,3-11H2,1-2H3. The highest BCUT2D eigenvalue weighted by atomic mass is 32.2. The summed E-state index contributed by atoms with van der Waals surface area (Å²) in [5.74, 6) is -0.199. The molecule has 0 heterocycles. The minimum Gasteiger partial charge on any atom is -0.466 e. The minimum absolute atomic E-state index is 0.0224. The van der Waals surface area contributed by atoms with Gasteiger partial charge < -0.3 is 9.84 Å². The summed E-state index contributed by atoms with van der Waals surface area (Å²) in [6, 6.07) is 0. The molecule has 0 atom stereocenters. The topological polar surface area (TPSA) is 92.7 Å². The van der Waals surface area contributed by atoms with Gasteiger partial charge in [-0.3, -0.25) is 4.79 Å². The number of hydrogen-bond acceptors (Lipinski definition) is 5. The van der Waals surface area contributed by atoms with E-state index in [0.717, 1.165) is 19.3 Å². The Morgan fingerprint density at radius 2 is 1.95 bits per heavy atom. The molecule has 1 saturated carbocycles. The zero-order valence-electron chi connectivity index (χ0n) is 12.9. The average Bonchev–Trinajstić information content (AvgIpc) is 2.45. The molecule has 0 amide bonds. The number of hydrogen-bond donors (Lipinski definition) is 2. The maximum Gasteiger partial charge on any atom is 0.306 e. The van der Waals surface area contributed by atoms with E-state index in [2.05, 4.69) is 11.6 Å². The van der Waals surface area contributed by atoms with Crippen LogP contribution >= 0.6 is 0 Å². The lowest BCUT2D eigenvalue weighted by Gasteiger charge is -2.35. The van der Waals surface area contributed by atoms with E-state index < -0.39 is 21.6 Å². The number of nitrogens with one attached hydrogen (secondary N) is 1. The van der Waals surface area contributed by atoms with Crippen LogP contribution in [0.5, 0.6) is 0 Å². The van der Waals surface area contributed by atoms with E-state index in [1.807, 2.05) is 0 Å². The molecule has 6 nitrogen and oxygen atoms in total. The molecular weight excluding hydrogens is 294 g/mol. The van der Waals surface area contributed by atoms with Gasteiger partial charge in [0.25, 0.3) is 0 Å². The summed E-state index contributed by atoms with van der Waals surface area (Å²) in [7, 11) is -3.56. The van der Waals surface area contributed by atoms with Gasteiger partial charge in [-0.25, -0.2) is 13.1 Å². The lowest BCUT2D eigenvalue weighted by Crippen LogP contribution is -2.45.